The van der Waals surface area contributed by atoms with Gasteiger partial charge in [-0.1, -0.05) is 0 Å². The lowest BCUT2D eigenvalue weighted by Gasteiger charge is -2.07. The Morgan fingerprint density at radius 3 is 2.83 bits per heavy atom. The van der Waals surface area contributed by atoms with E-state index in [1.165, 1.54) is 17.3 Å². The standard InChI is InChI=1S/C10H7BrF2N4O/c11-6-1-8(13)9(2-7(6)12)16-10(18)3-17-5-14-4-15-17/h1-2,4-5H,3H2,(H,16,18). The highest BCUT2D eigenvalue weighted by atomic mass is 79.9. The molecule has 2 rings (SSSR count). The predicted molar refractivity (Wildman–Crippen MR) is 62.7 cm³/mol. The van der Waals surface area contributed by atoms with Crippen LogP contribution in [-0.4, -0.2) is 20.7 Å². The van der Waals surface area contributed by atoms with Crippen molar-refractivity contribution in [1.82, 2.24) is 14.8 Å². The van der Waals surface area contributed by atoms with Crippen LogP contribution in [0, 0.1) is 11.6 Å². The van der Waals surface area contributed by atoms with Crippen LogP contribution < -0.4 is 5.32 Å². The Bertz CT molecular complexity index is 574. The first kappa shape index (κ1) is 12.6. The third kappa shape index (κ3) is 2.89. The fourth-order valence-electron chi connectivity index (χ4n) is 1.27. The Labute approximate surface area is 109 Å². The number of carbonyl (C=O) groups is 1. The fourth-order valence-corrected chi connectivity index (χ4v) is 1.59. The van der Waals surface area contributed by atoms with E-state index in [4.69, 9.17) is 0 Å². The molecular formula is C10H7BrF2N4O. The summed E-state index contributed by atoms with van der Waals surface area (Å²) in [6.45, 7) is -0.128. The SMILES string of the molecule is O=C(Cn1cncn1)Nc1cc(F)c(Br)cc1F. The molecule has 0 bridgehead atoms. The van der Waals surface area contributed by atoms with Crippen LogP contribution in [0.4, 0.5) is 14.5 Å². The number of hydrogen-bond acceptors (Lipinski definition) is 3. The third-order valence-electron chi connectivity index (χ3n) is 2.06. The van der Waals surface area contributed by atoms with Crippen LogP contribution in [0.3, 0.4) is 0 Å². The number of nitrogens with one attached hydrogen (secondary N) is 1. The van der Waals surface area contributed by atoms with Gasteiger partial charge in [-0.25, -0.2) is 18.4 Å². The second-order valence-corrected chi connectivity index (χ2v) is 4.24. The molecule has 0 atom stereocenters. The zero-order valence-electron chi connectivity index (χ0n) is 8.90. The number of rotatable bonds is 3. The fraction of sp³-hybridized carbons (Fsp3) is 0.100. The van der Waals surface area contributed by atoms with Gasteiger partial charge < -0.3 is 5.32 Å². The number of halogens is 3. The van der Waals surface area contributed by atoms with Crippen LogP contribution in [0.2, 0.25) is 0 Å². The molecule has 0 radical (unpaired) electrons. The average Bonchev–Trinajstić information content (AvgIpc) is 2.78. The molecule has 1 N–H and O–H groups in total. The molecule has 0 aliphatic carbocycles. The van der Waals surface area contributed by atoms with Crippen molar-refractivity contribution in [2.24, 2.45) is 0 Å². The molecule has 0 unspecified atom stereocenters. The van der Waals surface area contributed by atoms with E-state index in [1.54, 1.807) is 0 Å². The molecule has 0 spiro atoms. The van der Waals surface area contributed by atoms with E-state index in [0.717, 1.165) is 12.1 Å². The number of hydrogen-bond donors (Lipinski definition) is 1. The quantitative estimate of drug-likeness (QED) is 0.881. The van der Waals surface area contributed by atoms with Crippen LogP contribution in [0.15, 0.2) is 29.3 Å². The van der Waals surface area contributed by atoms with Gasteiger partial charge in [0.25, 0.3) is 0 Å². The number of aromatic nitrogens is 3. The van der Waals surface area contributed by atoms with Crippen molar-refractivity contribution in [3.05, 3.63) is 40.9 Å². The minimum atomic E-state index is -0.727. The van der Waals surface area contributed by atoms with Gasteiger partial charge >= 0.3 is 0 Å². The molecule has 0 saturated heterocycles. The van der Waals surface area contributed by atoms with E-state index in [1.807, 2.05) is 0 Å². The number of benzene rings is 1. The Kier molecular flexibility index (Phi) is 3.66. The molecule has 18 heavy (non-hydrogen) atoms. The summed E-state index contributed by atoms with van der Waals surface area (Å²) in [5, 5.41) is 5.97. The highest BCUT2D eigenvalue weighted by Gasteiger charge is 2.11. The van der Waals surface area contributed by atoms with Gasteiger partial charge in [-0.2, -0.15) is 5.10 Å². The Morgan fingerprint density at radius 1 is 1.39 bits per heavy atom. The highest BCUT2D eigenvalue weighted by molar-refractivity contribution is 9.10. The van der Waals surface area contributed by atoms with Crippen molar-refractivity contribution >= 4 is 27.5 Å². The van der Waals surface area contributed by atoms with Crippen LogP contribution in [0.5, 0.6) is 0 Å². The number of carbonyl (C=O) groups excluding carboxylic acids is 1. The first-order valence-corrected chi connectivity index (χ1v) is 5.62. The summed E-state index contributed by atoms with van der Waals surface area (Å²) in [7, 11) is 0. The van der Waals surface area contributed by atoms with Gasteiger partial charge in [-0.3, -0.25) is 4.79 Å². The van der Waals surface area contributed by atoms with E-state index >= 15 is 0 Å². The molecule has 1 aromatic heterocycles. The van der Waals surface area contributed by atoms with Crippen molar-refractivity contribution in [1.29, 1.82) is 0 Å². The monoisotopic (exact) mass is 316 g/mol. The van der Waals surface area contributed by atoms with Crippen molar-refractivity contribution in [3.63, 3.8) is 0 Å². The molecule has 0 aliphatic rings. The van der Waals surface area contributed by atoms with Crippen LogP contribution in [0.25, 0.3) is 0 Å². The molecule has 1 aromatic carbocycles. The summed E-state index contributed by atoms with van der Waals surface area (Å²) in [5.74, 6) is -1.91. The molecule has 8 heteroatoms. The maximum Gasteiger partial charge on any atom is 0.246 e. The zero-order chi connectivity index (χ0) is 13.1. The van der Waals surface area contributed by atoms with Crippen molar-refractivity contribution in [2.75, 3.05) is 5.32 Å². The molecule has 94 valence electrons. The van der Waals surface area contributed by atoms with Crippen molar-refractivity contribution in [3.8, 4) is 0 Å². The largest absolute Gasteiger partial charge is 0.322 e. The summed E-state index contributed by atoms with van der Waals surface area (Å²) in [5.41, 5.74) is -0.221. The van der Waals surface area contributed by atoms with Gasteiger partial charge in [0.1, 0.15) is 30.8 Å². The van der Waals surface area contributed by atoms with Gasteiger partial charge in [0, 0.05) is 6.07 Å². The summed E-state index contributed by atoms with van der Waals surface area (Å²) >= 11 is 2.84. The Balaban J connectivity index is 2.09. The molecule has 0 saturated carbocycles. The van der Waals surface area contributed by atoms with E-state index in [0.29, 0.717) is 0 Å². The summed E-state index contributed by atoms with van der Waals surface area (Å²) < 4.78 is 27.9. The Hall–Kier alpha value is -1.83. The van der Waals surface area contributed by atoms with E-state index < -0.39 is 17.5 Å². The maximum absolute atomic E-state index is 13.4. The van der Waals surface area contributed by atoms with E-state index in [-0.39, 0.29) is 16.7 Å². The smallest absolute Gasteiger partial charge is 0.246 e. The van der Waals surface area contributed by atoms with Crippen LogP contribution >= 0.6 is 15.9 Å². The first-order chi connectivity index (χ1) is 8.56. The minimum absolute atomic E-state index is 0.00530. The maximum atomic E-state index is 13.4. The normalized spacial score (nSPS) is 10.4. The van der Waals surface area contributed by atoms with Gasteiger partial charge in [0.2, 0.25) is 5.91 Å². The summed E-state index contributed by atoms with van der Waals surface area (Å²) in [6, 6.07) is 1.85. The highest BCUT2D eigenvalue weighted by Crippen LogP contribution is 2.23. The van der Waals surface area contributed by atoms with Crippen molar-refractivity contribution < 1.29 is 13.6 Å². The summed E-state index contributed by atoms with van der Waals surface area (Å²) in [4.78, 5) is 15.2. The van der Waals surface area contributed by atoms with Gasteiger partial charge in [0.05, 0.1) is 10.2 Å². The lowest BCUT2D eigenvalue weighted by Crippen LogP contribution is -2.19. The molecule has 0 fully saturated rings. The molecule has 1 amide bonds. The molecular weight excluding hydrogens is 310 g/mol. The molecule has 1 heterocycles. The third-order valence-corrected chi connectivity index (χ3v) is 2.66. The predicted octanol–water partition coefficient (Wildman–Crippen LogP) is 1.96. The second-order valence-electron chi connectivity index (χ2n) is 3.39. The first-order valence-electron chi connectivity index (χ1n) is 4.83. The average molecular weight is 317 g/mol. The zero-order valence-corrected chi connectivity index (χ0v) is 10.5. The topological polar surface area (TPSA) is 59.8 Å². The summed E-state index contributed by atoms with van der Waals surface area (Å²) in [6.07, 6.45) is 2.62. The number of anilines is 1. The molecule has 0 aliphatic heterocycles. The number of nitrogens with zero attached hydrogens (tertiary/aromatic N) is 3. The van der Waals surface area contributed by atoms with E-state index in [2.05, 4.69) is 31.3 Å². The van der Waals surface area contributed by atoms with Crippen LogP contribution in [-0.2, 0) is 11.3 Å². The lowest BCUT2D eigenvalue weighted by atomic mass is 10.3. The van der Waals surface area contributed by atoms with Crippen LogP contribution in [0.1, 0.15) is 0 Å². The van der Waals surface area contributed by atoms with Gasteiger partial charge in [-0.15, -0.1) is 0 Å². The van der Waals surface area contributed by atoms with E-state index in [9.17, 15) is 13.6 Å². The minimum Gasteiger partial charge on any atom is -0.322 e. The van der Waals surface area contributed by atoms with Gasteiger partial charge in [-0.05, 0) is 22.0 Å². The lowest BCUT2D eigenvalue weighted by molar-refractivity contribution is -0.116. The molecule has 2 aromatic rings. The Morgan fingerprint density at radius 2 is 2.17 bits per heavy atom. The molecule has 5 nitrogen and oxygen atoms in total. The second kappa shape index (κ2) is 5.21. The number of amides is 1. The van der Waals surface area contributed by atoms with Crippen molar-refractivity contribution in [2.45, 2.75) is 6.54 Å². The van der Waals surface area contributed by atoms with Gasteiger partial charge in [0.15, 0.2) is 0 Å².